The molecule has 1 aromatic rings. The van der Waals surface area contributed by atoms with E-state index in [0.717, 1.165) is 0 Å². The molecule has 9 nitrogen and oxygen atoms in total. The van der Waals surface area contributed by atoms with Gasteiger partial charge in [-0.3, -0.25) is 14.4 Å². The number of rotatable bonds is 7. The third-order valence-electron chi connectivity index (χ3n) is 4.62. The summed E-state index contributed by atoms with van der Waals surface area (Å²) in [6, 6.07) is 4.62. The van der Waals surface area contributed by atoms with Crippen molar-refractivity contribution in [1.82, 2.24) is 14.5 Å². The number of benzene rings is 1. The van der Waals surface area contributed by atoms with Crippen LogP contribution in [-0.4, -0.2) is 74.7 Å². The van der Waals surface area contributed by atoms with E-state index in [4.69, 9.17) is 0 Å². The molecule has 0 bridgehead atoms. The fraction of sp³-hybridized carbons (Fsp3) is 0.500. The summed E-state index contributed by atoms with van der Waals surface area (Å²) in [6.45, 7) is 4.71. The van der Waals surface area contributed by atoms with Crippen LogP contribution in [0.5, 0.6) is 0 Å². The minimum absolute atomic E-state index is 0.0928. The van der Waals surface area contributed by atoms with Crippen molar-refractivity contribution in [1.29, 1.82) is 0 Å². The van der Waals surface area contributed by atoms with E-state index in [0.29, 0.717) is 13.1 Å². The molecule has 2 rings (SSSR count). The van der Waals surface area contributed by atoms with Gasteiger partial charge in [-0.05, 0) is 24.3 Å². The van der Waals surface area contributed by atoms with Crippen LogP contribution < -0.4 is 5.32 Å². The lowest BCUT2D eigenvalue weighted by atomic mass is 10.1. The van der Waals surface area contributed by atoms with E-state index < -0.39 is 33.8 Å². The first kappa shape index (κ1) is 21.8. The molecule has 0 unspecified atom stereocenters. The fourth-order valence-corrected chi connectivity index (χ4v) is 4.51. The largest absolute Gasteiger partial charge is 0.469 e. The van der Waals surface area contributed by atoms with E-state index in [1.54, 1.807) is 13.8 Å². The third kappa shape index (κ3) is 4.50. The number of amides is 2. The number of sulfonamides is 1. The molecule has 1 aliphatic heterocycles. The van der Waals surface area contributed by atoms with Crippen LogP contribution >= 0.6 is 0 Å². The van der Waals surface area contributed by atoms with Crippen molar-refractivity contribution in [3.8, 4) is 0 Å². The molecule has 1 aliphatic rings. The second kappa shape index (κ2) is 9.16. The van der Waals surface area contributed by atoms with Crippen LogP contribution in [0.25, 0.3) is 0 Å². The summed E-state index contributed by atoms with van der Waals surface area (Å²) < 4.78 is 31.0. The van der Waals surface area contributed by atoms with E-state index in [2.05, 4.69) is 10.1 Å². The Labute approximate surface area is 164 Å². The normalized spacial score (nSPS) is 17.4. The highest BCUT2D eigenvalue weighted by atomic mass is 32.2. The van der Waals surface area contributed by atoms with Gasteiger partial charge in [-0.1, -0.05) is 13.8 Å². The maximum absolute atomic E-state index is 12.9. The Morgan fingerprint density at radius 1 is 1.21 bits per heavy atom. The van der Waals surface area contributed by atoms with Gasteiger partial charge >= 0.3 is 5.97 Å². The lowest BCUT2D eigenvalue weighted by molar-refractivity contribution is -0.145. The highest BCUT2D eigenvalue weighted by Crippen LogP contribution is 2.19. The summed E-state index contributed by atoms with van der Waals surface area (Å²) >= 11 is 0. The van der Waals surface area contributed by atoms with Gasteiger partial charge in [0.25, 0.3) is 5.91 Å². The molecule has 0 radical (unpaired) electrons. The van der Waals surface area contributed by atoms with Gasteiger partial charge in [-0.15, -0.1) is 0 Å². The molecule has 1 atom stereocenters. The Hall–Kier alpha value is -2.46. The number of methoxy groups -OCH3 is 1. The quantitative estimate of drug-likeness (QED) is 0.642. The van der Waals surface area contributed by atoms with E-state index in [1.165, 1.54) is 40.6 Å². The minimum Gasteiger partial charge on any atom is -0.469 e. The molecule has 1 fully saturated rings. The standard InChI is InChI=1S/C18H25N3O6S/c1-4-20(5-2)28(25,26)14-8-6-13(7-9-14)18(24)21-11-10-19-17(23)15(21)12-16(22)27-3/h6-9,15H,4-5,10-12H2,1-3H3,(H,19,23)/t15-/m0/s1. The number of hydrogen-bond acceptors (Lipinski definition) is 6. The van der Waals surface area contributed by atoms with Gasteiger partial charge in [0.05, 0.1) is 18.4 Å². The average Bonchev–Trinajstić information content (AvgIpc) is 2.69. The molecule has 10 heteroatoms. The molecule has 0 spiro atoms. The highest BCUT2D eigenvalue weighted by molar-refractivity contribution is 7.89. The zero-order valence-electron chi connectivity index (χ0n) is 16.2. The number of nitrogens with one attached hydrogen (secondary N) is 1. The number of piperazine rings is 1. The van der Waals surface area contributed by atoms with E-state index >= 15 is 0 Å². The lowest BCUT2D eigenvalue weighted by Crippen LogP contribution is -2.57. The van der Waals surface area contributed by atoms with E-state index in [9.17, 15) is 22.8 Å². The Morgan fingerprint density at radius 3 is 2.36 bits per heavy atom. The Bertz CT molecular complexity index is 833. The number of ether oxygens (including phenoxy) is 1. The van der Waals surface area contributed by atoms with Gasteiger partial charge in [0.2, 0.25) is 15.9 Å². The fourth-order valence-electron chi connectivity index (χ4n) is 3.05. The molecule has 1 saturated heterocycles. The number of nitrogens with zero attached hydrogens (tertiary/aromatic N) is 2. The second-order valence-corrected chi connectivity index (χ2v) is 8.14. The summed E-state index contributed by atoms with van der Waals surface area (Å²) in [7, 11) is -2.41. The molecular weight excluding hydrogens is 386 g/mol. The summed E-state index contributed by atoms with van der Waals surface area (Å²) in [6.07, 6.45) is -0.248. The summed E-state index contributed by atoms with van der Waals surface area (Å²) in [5.41, 5.74) is 0.239. The monoisotopic (exact) mass is 411 g/mol. The number of carbonyl (C=O) groups excluding carboxylic acids is 3. The highest BCUT2D eigenvalue weighted by Gasteiger charge is 2.35. The first-order valence-corrected chi connectivity index (χ1v) is 10.5. The van der Waals surface area contributed by atoms with Crippen molar-refractivity contribution in [3.63, 3.8) is 0 Å². The third-order valence-corrected chi connectivity index (χ3v) is 6.69. The van der Waals surface area contributed by atoms with Gasteiger partial charge in [0.15, 0.2) is 0 Å². The predicted octanol–water partition coefficient (Wildman–Crippen LogP) is 0.221. The minimum atomic E-state index is -3.62. The Kier molecular flexibility index (Phi) is 7.14. The van der Waals surface area contributed by atoms with Crippen molar-refractivity contribution < 1.29 is 27.5 Å². The summed E-state index contributed by atoms with van der Waals surface area (Å²) in [4.78, 5) is 38.0. The molecule has 28 heavy (non-hydrogen) atoms. The topological polar surface area (TPSA) is 113 Å². The zero-order valence-corrected chi connectivity index (χ0v) is 17.0. The molecule has 1 heterocycles. The maximum Gasteiger partial charge on any atom is 0.308 e. The van der Waals surface area contributed by atoms with Gasteiger partial charge < -0.3 is 15.0 Å². The summed E-state index contributed by atoms with van der Waals surface area (Å²) in [5.74, 6) is -1.47. The van der Waals surface area contributed by atoms with Gasteiger partial charge in [0.1, 0.15) is 6.04 Å². The van der Waals surface area contributed by atoms with Crippen LogP contribution in [0.15, 0.2) is 29.2 Å². The van der Waals surface area contributed by atoms with E-state index in [1.807, 2.05) is 0 Å². The molecule has 0 saturated carbocycles. The summed E-state index contributed by atoms with van der Waals surface area (Å²) in [5, 5.41) is 2.63. The van der Waals surface area contributed by atoms with Crippen LogP contribution in [0.3, 0.4) is 0 Å². The van der Waals surface area contributed by atoms with Gasteiger partial charge in [-0.25, -0.2) is 8.42 Å². The van der Waals surface area contributed by atoms with Crippen LogP contribution in [-0.2, 0) is 24.3 Å². The van der Waals surface area contributed by atoms with Crippen LogP contribution in [0, 0.1) is 0 Å². The molecule has 1 N–H and O–H groups in total. The molecule has 1 aromatic carbocycles. The smallest absolute Gasteiger partial charge is 0.308 e. The first-order valence-electron chi connectivity index (χ1n) is 9.01. The van der Waals surface area contributed by atoms with Crippen molar-refractivity contribution in [2.24, 2.45) is 0 Å². The lowest BCUT2D eigenvalue weighted by Gasteiger charge is -2.34. The van der Waals surface area contributed by atoms with Crippen LogP contribution in [0.2, 0.25) is 0 Å². The first-order chi connectivity index (χ1) is 13.3. The second-order valence-electron chi connectivity index (χ2n) is 6.20. The number of esters is 1. The van der Waals surface area contributed by atoms with Crippen molar-refractivity contribution in [2.75, 3.05) is 33.3 Å². The number of hydrogen-bond donors (Lipinski definition) is 1. The van der Waals surface area contributed by atoms with Crippen LogP contribution in [0.1, 0.15) is 30.6 Å². The molecule has 2 amide bonds. The van der Waals surface area contributed by atoms with E-state index in [-0.39, 0.29) is 30.0 Å². The van der Waals surface area contributed by atoms with Crippen LogP contribution in [0.4, 0.5) is 0 Å². The predicted molar refractivity (Wildman–Crippen MR) is 101 cm³/mol. The van der Waals surface area contributed by atoms with Gasteiger partial charge in [0, 0.05) is 31.7 Å². The molecule has 0 aliphatic carbocycles. The Balaban J connectivity index is 2.25. The average molecular weight is 411 g/mol. The molecular formula is C18H25N3O6S. The Morgan fingerprint density at radius 2 is 1.82 bits per heavy atom. The molecule has 154 valence electrons. The van der Waals surface area contributed by atoms with Crippen molar-refractivity contribution in [2.45, 2.75) is 31.2 Å². The van der Waals surface area contributed by atoms with Crippen molar-refractivity contribution in [3.05, 3.63) is 29.8 Å². The SMILES string of the molecule is CCN(CC)S(=O)(=O)c1ccc(C(=O)N2CCNC(=O)[C@@H]2CC(=O)OC)cc1. The molecule has 0 aromatic heterocycles. The zero-order chi connectivity index (χ0) is 20.9. The van der Waals surface area contributed by atoms with Gasteiger partial charge in [-0.2, -0.15) is 4.31 Å². The van der Waals surface area contributed by atoms with Crippen molar-refractivity contribution >= 4 is 27.8 Å². The maximum atomic E-state index is 12.9. The number of carbonyl (C=O) groups is 3.